The molecule has 0 aromatic heterocycles. The van der Waals surface area contributed by atoms with E-state index in [1.807, 2.05) is 0 Å². The SMILES string of the molecule is CC1CCC(CNCC2(O)CCC2)O1. The highest BCUT2D eigenvalue weighted by atomic mass is 16.5. The van der Waals surface area contributed by atoms with E-state index in [-0.39, 0.29) is 0 Å². The molecule has 0 spiro atoms. The van der Waals surface area contributed by atoms with E-state index in [0.29, 0.717) is 12.2 Å². The van der Waals surface area contributed by atoms with Gasteiger partial charge in [-0.15, -0.1) is 0 Å². The van der Waals surface area contributed by atoms with Crippen LogP contribution in [0.2, 0.25) is 0 Å². The lowest BCUT2D eigenvalue weighted by atomic mass is 9.80. The summed E-state index contributed by atoms with van der Waals surface area (Å²) < 4.78 is 5.68. The second-order valence-corrected chi connectivity index (χ2v) is 4.85. The van der Waals surface area contributed by atoms with E-state index in [2.05, 4.69) is 12.2 Å². The molecule has 1 aliphatic heterocycles. The Morgan fingerprint density at radius 2 is 2.21 bits per heavy atom. The van der Waals surface area contributed by atoms with E-state index in [4.69, 9.17) is 4.74 Å². The van der Waals surface area contributed by atoms with Crippen LogP contribution in [-0.2, 0) is 4.74 Å². The first-order valence-electron chi connectivity index (χ1n) is 5.76. The minimum Gasteiger partial charge on any atom is -0.389 e. The highest BCUT2D eigenvalue weighted by Gasteiger charge is 2.34. The quantitative estimate of drug-likeness (QED) is 0.711. The number of ether oxygens (including phenoxy) is 1. The highest BCUT2D eigenvalue weighted by molar-refractivity contribution is 4.89. The van der Waals surface area contributed by atoms with Gasteiger partial charge < -0.3 is 15.2 Å². The summed E-state index contributed by atoms with van der Waals surface area (Å²) >= 11 is 0. The van der Waals surface area contributed by atoms with Gasteiger partial charge in [0.25, 0.3) is 0 Å². The van der Waals surface area contributed by atoms with E-state index in [9.17, 15) is 5.11 Å². The topological polar surface area (TPSA) is 41.5 Å². The molecule has 2 rings (SSSR count). The summed E-state index contributed by atoms with van der Waals surface area (Å²) in [5, 5.41) is 13.1. The van der Waals surface area contributed by atoms with Crippen LogP contribution in [-0.4, -0.2) is 36.0 Å². The Balaban J connectivity index is 1.58. The lowest BCUT2D eigenvalue weighted by Gasteiger charge is -2.37. The van der Waals surface area contributed by atoms with Crippen LogP contribution in [0.4, 0.5) is 0 Å². The summed E-state index contributed by atoms with van der Waals surface area (Å²) in [7, 11) is 0. The Morgan fingerprint density at radius 3 is 2.71 bits per heavy atom. The fourth-order valence-corrected chi connectivity index (χ4v) is 2.26. The second-order valence-electron chi connectivity index (χ2n) is 4.85. The van der Waals surface area contributed by atoms with Gasteiger partial charge >= 0.3 is 0 Å². The molecule has 82 valence electrons. The van der Waals surface area contributed by atoms with Crippen molar-refractivity contribution in [2.24, 2.45) is 0 Å². The number of rotatable bonds is 4. The van der Waals surface area contributed by atoms with E-state index in [1.54, 1.807) is 0 Å². The van der Waals surface area contributed by atoms with Gasteiger partial charge in [0, 0.05) is 13.1 Å². The van der Waals surface area contributed by atoms with Crippen LogP contribution in [0.3, 0.4) is 0 Å². The van der Waals surface area contributed by atoms with Crippen molar-refractivity contribution < 1.29 is 9.84 Å². The zero-order valence-corrected chi connectivity index (χ0v) is 8.96. The Morgan fingerprint density at radius 1 is 1.43 bits per heavy atom. The van der Waals surface area contributed by atoms with Gasteiger partial charge in [-0.3, -0.25) is 0 Å². The maximum absolute atomic E-state index is 9.83. The van der Waals surface area contributed by atoms with Crippen LogP contribution >= 0.6 is 0 Å². The van der Waals surface area contributed by atoms with Crippen LogP contribution < -0.4 is 5.32 Å². The molecule has 2 aliphatic rings. The molecule has 2 N–H and O–H groups in total. The second kappa shape index (κ2) is 4.17. The van der Waals surface area contributed by atoms with Gasteiger partial charge in [0.15, 0.2) is 0 Å². The predicted molar refractivity (Wildman–Crippen MR) is 55.2 cm³/mol. The standard InChI is InChI=1S/C11H21NO2/c1-9-3-4-10(14-9)7-12-8-11(13)5-2-6-11/h9-10,12-13H,2-8H2,1H3. The predicted octanol–water partition coefficient (Wildman–Crippen LogP) is 1.06. The molecule has 3 heteroatoms. The summed E-state index contributed by atoms with van der Waals surface area (Å²) in [4.78, 5) is 0. The molecular formula is C11H21NO2. The molecule has 1 heterocycles. The Labute approximate surface area is 85.8 Å². The van der Waals surface area contributed by atoms with E-state index in [0.717, 1.165) is 32.4 Å². The average Bonchev–Trinajstić information content (AvgIpc) is 2.49. The molecule has 2 fully saturated rings. The summed E-state index contributed by atoms with van der Waals surface area (Å²) in [5.41, 5.74) is -0.399. The van der Waals surface area contributed by atoms with Crippen molar-refractivity contribution in [3.8, 4) is 0 Å². The maximum atomic E-state index is 9.83. The molecule has 14 heavy (non-hydrogen) atoms. The molecule has 0 aromatic rings. The van der Waals surface area contributed by atoms with Crippen LogP contribution in [0, 0.1) is 0 Å². The van der Waals surface area contributed by atoms with Gasteiger partial charge in [0.05, 0.1) is 17.8 Å². The lowest BCUT2D eigenvalue weighted by molar-refractivity contribution is -0.0342. The third-order valence-electron chi connectivity index (χ3n) is 3.43. The lowest BCUT2D eigenvalue weighted by Crippen LogP contribution is -2.47. The normalized spacial score (nSPS) is 35.6. The fourth-order valence-electron chi connectivity index (χ4n) is 2.26. The molecule has 2 unspecified atom stereocenters. The molecule has 0 bridgehead atoms. The van der Waals surface area contributed by atoms with Crippen molar-refractivity contribution in [2.75, 3.05) is 13.1 Å². The van der Waals surface area contributed by atoms with E-state index in [1.165, 1.54) is 12.8 Å². The Bertz CT molecular complexity index is 192. The molecule has 0 amide bonds. The first kappa shape index (κ1) is 10.4. The molecule has 2 atom stereocenters. The van der Waals surface area contributed by atoms with Crippen LogP contribution in [0.15, 0.2) is 0 Å². The number of aliphatic hydroxyl groups is 1. The summed E-state index contributed by atoms with van der Waals surface area (Å²) in [5.74, 6) is 0. The van der Waals surface area contributed by atoms with Gasteiger partial charge in [-0.05, 0) is 39.0 Å². The monoisotopic (exact) mass is 199 g/mol. The molecule has 3 nitrogen and oxygen atoms in total. The van der Waals surface area contributed by atoms with Crippen molar-refractivity contribution in [2.45, 2.75) is 56.8 Å². The van der Waals surface area contributed by atoms with Crippen LogP contribution in [0.25, 0.3) is 0 Å². The summed E-state index contributed by atoms with van der Waals surface area (Å²) in [6, 6.07) is 0. The molecular weight excluding hydrogens is 178 g/mol. The van der Waals surface area contributed by atoms with Gasteiger partial charge in [-0.1, -0.05) is 0 Å². The van der Waals surface area contributed by atoms with Gasteiger partial charge in [0.2, 0.25) is 0 Å². The fraction of sp³-hybridized carbons (Fsp3) is 1.00. The van der Waals surface area contributed by atoms with Gasteiger partial charge in [0.1, 0.15) is 0 Å². The van der Waals surface area contributed by atoms with Gasteiger partial charge in [-0.25, -0.2) is 0 Å². The minimum atomic E-state index is -0.399. The number of hydrogen-bond donors (Lipinski definition) is 2. The molecule has 0 aromatic carbocycles. The van der Waals surface area contributed by atoms with Crippen molar-refractivity contribution in [3.63, 3.8) is 0 Å². The highest BCUT2D eigenvalue weighted by Crippen LogP contribution is 2.30. The van der Waals surface area contributed by atoms with Gasteiger partial charge in [-0.2, -0.15) is 0 Å². The first-order valence-corrected chi connectivity index (χ1v) is 5.76. The number of nitrogens with one attached hydrogen (secondary N) is 1. The Hall–Kier alpha value is -0.120. The smallest absolute Gasteiger partial charge is 0.0771 e. The first-order chi connectivity index (χ1) is 6.68. The summed E-state index contributed by atoms with van der Waals surface area (Å²) in [6.07, 6.45) is 6.23. The van der Waals surface area contributed by atoms with E-state index < -0.39 is 5.60 Å². The van der Waals surface area contributed by atoms with Crippen molar-refractivity contribution in [1.29, 1.82) is 0 Å². The molecule has 1 saturated heterocycles. The van der Waals surface area contributed by atoms with Crippen LogP contribution in [0.5, 0.6) is 0 Å². The minimum absolute atomic E-state index is 0.369. The average molecular weight is 199 g/mol. The van der Waals surface area contributed by atoms with E-state index >= 15 is 0 Å². The van der Waals surface area contributed by atoms with Crippen molar-refractivity contribution >= 4 is 0 Å². The third-order valence-corrected chi connectivity index (χ3v) is 3.43. The molecule has 1 aliphatic carbocycles. The Kier molecular flexibility index (Phi) is 3.10. The third kappa shape index (κ3) is 2.47. The zero-order valence-electron chi connectivity index (χ0n) is 8.96. The maximum Gasteiger partial charge on any atom is 0.0771 e. The zero-order chi connectivity index (χ0) is 10.0. The largest absolute Gasteiger partial charge is 0.389 e. The summed E-state index contributed by atoms with van der Waals surface area (Å²) in [6.45, 7) is 3.76. The molecule has 0 radical (unpaired) electrons. The molecule has 1 saturated carbocycles. The van der Waals surface area contributed by atoms with Crippen molar-refractivity contribution in [1.82, 2.24) is 5.32 Å². The van der Waals surface area contributed by atoms with Crippen molar-refractivity contribution in [3.05, 3.63) is 0 Å². The van der Waals surface area contributed by atoms with Crippen LogP contribution in [0.1, 0.15) is 39.0 Å². The number of hydrogen-bond acceptors (Lipinski definition) is 3.